The Morgan fingerprint density at radius 2 is 1.81 bits per heavy atom. The van der Waals surface area contributed by atoms with E-state index in [-0.39, 0.29) is 22.5 Å². The van der Waals surface area contributed by atoms with Crippen LogP contribution in [0.2, 0.25) is 10.0 Å². The number of amides is 2. The maximum absolute atomic E-state index is 12.0. The van der Waals surface area contributed by atoms with Gasteiger partial charge in [-0.05, 0) is 25.0 Å². The lowest BCUT2D eigenvalue weighted by Gasteiger charge is -2.15. The number of hydrogen-bond donors (Lipinski definition) is 1. The molecule has 2 rings (SSSR count). The molecule has 5 nitrogen and oxygen atoms in total. The van der Waals surface area contributed by atoms with Crippen molar-refractivity contribution in [3.8, 4) is 5.75 Å². The number of methoxy groups -OCH3 is 1. The Morgan fingerprint density at radius 3 is 2.33 bits per heavy atom. The minimum absolute atomic E-state index is 0.0277. The molecule has 114 valence electrons. The molecule has 0 aromatic heterocycles. The number of rotatable bonds is 4. The summed E-state index contributed by atoms with van der Waals surface area (Å²) >= 11 is 12.0. The van der Waals surface area contributed by atoms with E-state index in [1.54, 1.807) is 4.90 Å². The highest BCUT2D eigenvalue weighted by molar-refractivity contribution is 6.37. The number of ether oxygens (including phenoxy) is 1. The molecule has 1 saturated heterocycles. The fourth-order valence-corrected chi connectivity index (χ4v) is 2.86. The van der Waals surface area contributed by atoms with Crippen molar-refractivity contribution in [3.63, 3.8) is 0 Å². The van der Waals surface area contributed by atoms with Crippen LogP contribution in [0.4, 0.5) is 0 Å². The van der Waals surface area contributed by atoms with Crippen LogP contribution >= 0.6 is 23.2 Å². The number of nitrogens with one attached hydrogen (secondary N) is 1. The third-order valence-electron chi connectivity index (χ3n) is 3.32. The fourth-order valence-electron chi connectivity index (χ4n) is 2.22. The first-order valence-electron chi connectivity index (χ1n) is 6.62. The van der Waals surface area contributed by atoms with Crippen molar-refractivity contribution in [2.75, 3.05) is 26.7 Å². The molecule has 1 aliphatic rings. The number of likely N-dealkylation sites (tertiary alicyclic amines) is 1. The summed E-state index contributed by atoms with van der Waals surface area (Å²) in [4.78, 5) is 25.6. The highest BCUT2D eigenvalue weighted by Gasteiger charge is 2.19. The average Bonchev–Trinajstić information content (AvgIpc) is 2.98. The summed E-state index contributed by atoms with van der Waals surface area (Å²) in [6.07, 6.45) is 2.03. The standard InChI is InChI=1S/C14H16Cl2N2O3/c1-21-13-10(15)6-9(7-11(13)16)14(20)17-8-12(19)18-4-2-3-5-18/h6-7H,2-5,8H2,1H3,(H,17,20). The second-order valence-electron chi connectivity index (χ2n) is 4.74. The highest BCUT2D eigenvalue weighted by atomic mass is 35.5. The predicted octanol–water partition coefficient (Wildman–Crippen LogP) is 2.35. The van der Waals surface area contributed by atoms with E-state index in [2.05, 4.69) is 5.32 Å². The minimum Gasteiger partial charge on any atom is -0.494 e. The topological polar surface area (TPSA) is 58.6 Å². The van der Waals surface area contributed by atoms with Gasteiger partial charge in [-0.3, -0.25) is 9.59 Å². The van der Waals surface area contributed by atoms with Crippen LogP contribution < -0.4 is 10.1 Å². The van der Waals surface area contributed by atoms with Crippen molar-refractivity contribution < 1.29 is 14.3 Å². The van der Waals surface area contributed by atoms with Gasteiger partial charge in [0.2, 0.25) is 5.91 Å². The average molecular weight is 331 g/mol. The lowest BCUT2D eigenvalue weighted by Crippen LogP contribution is -2.38. The molecule has 0 aliphatic carbocycles. The van der Waals surface area contributed by atoms with Crippen LogP contribution in [0.5, 0.6) is 5.75 Å². The molecule has 0 unspecified atom stereocenters. The second-order valence-corrected chi connectivity index (χ2v) is 5.56. The molecule has 21 heavy (non-hydrogen) atoms. The highest BCUT2D eigenvalue weighted by Crippen LogP contribution is 2.33. The predicted molar refractivity (Wildman–Crippen MR) is 81.2 cm³/mol. The molecular weight excluding hydrogens is 315 g/mol. The van der Waals surface area contributed by atoms with Gasteiger partial charge in [-0.25, -0.2) is 0 Å². The van der Waals surface area contributed by atoms with E-state index in [9.17, 15) is 9.59 Å². The minimum atomic E-state index is -0.394. The number of carbonyl (C=O) groups is 2. The summed E-state index contributed by atoms with van der Waals surface area (Å²) in [5.74, 6) is -0.149. The maximum Gasteiger partial charge on any atom is 0.251 e. The van der Waals surface area contributed by atoms with Crippen molar-refractivity contribution in [1.29, 1.82) is 0 Å². The third kappa shape index (κ3) is 3.80. The first-order valence-corrected chi connectivity index (χ1v) is 7.37. The van der Waals surface area contributed by atoms with Gasteiger partial charge in [-0.15, -0.1) is 0 Å². The lowest BCUT2D eigenvalue weighted by molar-refractivity contribution is -0.129. The Hall–Kier alpha value is -1.46. The Bertz CT molecular complexity index is 534. The molecule has 1 aromatic rings. The summed E-state index contributed by atoms with van der Waals surface area (Å²) < 4.78 is 5.02. The number of carbonyl (C=O) groups excluding carboxylic acids is 2. The van der Waals surface area contributed by atoms with Gasteiger partial charge < -0.3 is 15.0 Å². The summed E-state index contributed by atoms with van der Waals surface area (Å²) in [5.41, 5.74) is 0.292. The van der Waals surface area contributed by atoms with Gasteiger partial charge in [-0.1, -0.05) is 23.2 Å². The molecule has 2 amide bonds. The van der Waals surface area contributed by atoms with Gasteiger partial charge in [0.05, 0.1) is 23.7 Å². The zero-order chi connectivity index (χ0) is 15.4. The van der Waals surface area contributed by atoms with Crippen molar-refractivity contribution in [2.45, 2.75) is 12.8 Å². The van der Waals surface area contributed by atoms with Gasteiger partial charge in [0.25, 0.3) is 5.91 Å². The number of nitrogens with zero attached hydrogens (tertiary/aromatic N) is 1. The normalized spacial score (nSPS) is 14.1. The zero-order valence-electron chi connectivity index (χ0n) is 11.6. The molecule has 1 aromatic carbocycles. The van der Waals surface area contributed by atoms with E-state index in [1.807, 2.05) is 0 Å². The van der Waals surface area contributed by atoms with Crippen LogP contribution in [0, 0.1) is 0 Å². The van der Waals surface area contributed by atoms with Gasteiger partial charge in [0.15, 0.2) is 5.75 Å². The number of halogens is 2. The molecule has 7 heteroatoms. The number of hydrogen-bond acceptors (Lipinski definition) is 3. The van der Waals surface area contributed by atoms with Crippen LogP contribution in [0.1, 0.15) is 23.2 Å². The van der Waals surface area contributed by atoms with Gasteiger partial charge >= 0.3 is 0 Å². The first kappa shape index (κ1) is 15.9. The SMILES string of the molecule is COc1c(Cl)cc(C(=O)NCC(=O)N2CCCC2)cc1Cl. The van der Waals surface area contributed by atoms with E-state index in [1.165, 1.54) is 19.2 Å². The Labute approximate surface area is 133 Å². The van der Waals surface area contributed by atoms with E-state index in [4.69, 9.17) is 27.9 Å². The molecule has 0 spiro atoms. The molecule has 0 saturated carbocycles. The molecule has 1 fully saturated rings. The van der Waals surface area contributed by atoms with E-state index >= 15 is 0 Å². The Morgan fingerprint density at radius 1 is 1.24 bits per heavy atom. The quantitative estimate of drug-likeness (QED) is 0.921. The maximum atomic E-state index is 12.0. The lowest BCUT2D eigenvalue weighted by atomic mass is 10.2. The van der Waals surface area contributed by atoms with E-state index in [0.29, 0.717) is 11.3 Å². The summed E-state index contributed by atoms with van der Waals surface area (Å²) in [6.45, 7) is 1.49. The Balaban J connectivity index is 1.98. The summed E-state index contributed by atoms with van der Waals surface area (Å²) in [6, 6.07) is 2.92. The number of benzene rings is 1. The van der Waals surface area contributed by atoms with Crippen molar-refractivity contribution >= 4 is 35.0 Å². The molecule has 1 aliphatic heterocycles. The molecule has 0 radical (unpaired) electrons. The van der Waals surface area contributed by atoms with Gasteiger partial charge in [0.1, 0.15) is 0 Å². The van der Waals surface area contributed by atoms with Crippen LogP contribution in [-0.4, -0.2) is 43.5 Å². The second kappa shape index (κ2) is 7.00. The molecule has 0 bridgehead atoms. The third-order valence-corrected chi connectivity index (χ3v) is 3.89. The van der Waals surface area contributed by atoms with E-state index in [0.717, 1.165) is 25.9 Å². The smallest absolute Gasteiger partial charge is 0.251 e. The van der Waals surface area contributed by atoms with Crippen LogP contribution in [0.25, 0.3) is 0 Å². The summed E-state index contributed by atoms with van der Waals surface area (Å²) in [7, 11) is 1.45. The van der Waals surface area contributed by atoms with Crippen LogP contribution in [0.15, 0.2) is 12.1 Å². The van der Waals surface area contributed by atoms with Gasteiger partial charge in [-0.2, -0.15) is 0 Å². The largest absolute Gasteiger partial charge is 0.494 e. The first-order chi connectivity index (χ1) is 10.0. The van der Waals surface area contributed by atoms with Gasteiger partial charge in [0, 0.05) is 18.7 Å². The summed E-state index contributed by atoms with van der Waals surface area (Å²) in [5, 5.41) is 3.08. The molecule has 0 atom stereocenters. The van der Waals surface area contributed by atoms with Crippen molar-refractivity contribution in [2.24, 2.45) is 0 Å². The molecular formula is C14H16Cl2N2O3. The van der Waals surface area contributed by atoms with E-state index < -0.39 is 5.91 Å². The Kier molecular flexibility index (Phi) is 5.31. The zero-order valence-corrected chi connectivity index (χ0v) is 13.1. The van der Waals surface area contributed by atoms with Crippen LogP contribution in [-0.2, 0) is 4.79 Å². The monoisotopic (exact) mass is 330 g/mol. The van der Waals surface area contributed by atoms with Crippen molar-refractivity contribution in [3.05, 3.63) is 27.7 Å². The van der Waals surface area contributed by atoms with Crippen molar-refractivity contribution in [1.82, 2.24) is 10.2 Å². The molecule has 1 N–H and O–H groups in total. The fraction of sp³-hybridized carbons (Fsp3) is 0.429. The van der Waals surface area contributed by atoms with Crippen LogP contribution in [0.3, 0.4) is 0 Å². The molecule has 1 heterocycles.